The van der Waals surface area contributed by atoms with E-state index in [0.29, 0.717) is 18.8 Å². The van der Waals surface area contributed by atoms with Gasteiger partial charge in [0.15, 0.2) is 0 Å². The van der Waals surface area contributed by atoms with Gasteiger partial charge in [-0.05, 0) is 42.3 Å². The molecule has 162 valence electrons. The molecule has 1 N–H and O–H groups in total. The first-order chi connectivity index (χ1) is 15.2. The summed E-state index contributed by atoms with van der Waals surface area (Å²) in [5, 5.41) is 4.11. The van der Waals surface area contributed by atoms with Crippen LogP contribution in [-0.2, 0) is 11.2 Å². The zero-order valence-corrected chi connectivity index (χ0v) is 18.8. The molecule has 6 heteroatoms. The molecule has 1 aromatic heterocycles. The minimum Gasteiger partial charge on any atom is -0.497 e. The summed E-state index contributed by atoms with van der Waals surface area (Å²) in [5.41, 5.74) is 2.98. The molecular formula is C25H28N2O3S. The van der Waals surface area contributed by atoms with Gasteiger partial charge in [0.05, 0.1) is 26.4 Å². The first-order valence-corrected chi connectivity index (χ1v) is 11.5. The van der Waals surface area contributed by atoms with Crippen LogP contribution >= 0.6 is 11.3 Å². The van der Waals surface area contributed by atoms with Gasteiger partial charge in [-0.3, -0.25) is 9.69 Å². The van der Waals surface area contributed by atoms with E-state index in [-0.39, 0.29) is 11.9 Å². The van der Waals surface area contributed by atoms with E-state index >= 15 is 0 Å². The molecule has 31 heavy (non-hydrogen) atoms. The number of benzene rings is 2. The van der Waals surface area contributed by atoms with E-state index in [0.717, 1.165) is 35.8 Å². The molecule has 1 aliphatic rings. The smallest absolute Gasteiger partial charge is 0.256 e. The summed E-state index contributed by atoms with van der Waals surface area (Å²) in [7, 11) is 1.68. The SMILES string of the molecule is CCc1cc(C(c2ccc(OC)cc2)N2CCOCC2)c(NC(=O)c2ccccc2)s1. The Morgan fingerprint density at radius 1 is 1.13 bits per heavy atom. The second-order valence-electron chi connectivity index (χ2n) is 7.49. The van der Waals surface area contributed by atoms with Gasteiger partial charge in [0, 0.05) is 29.1 Å². The van der Waals surface area contributed by atoms with Crippen molar-refractivity contribution in [2.75, 3.05) is 38.7 Å². The molecular weight excluding hydrogens is 408 g/mol. The lowest BCUT2D eigenvalue weighted by molar-refractivity contribution is 0.0241. The zero-order valence-electron chi connectivity index (χ0n) is 18.0. The molecule has 0 radical (unpaired) electrons. The third-order valence-corrected chi connectivity index (χ3v) is 6.77. The van der Waals surface area contributed by atoms with Crippen molar-refractivity contribution in [2.24, 2.45) is 0 Å². The standard InChI is InChI=1S/C25H28N2O3S/c1-3-21-17-22(25(31-21)26-24(28)19-7-5-4-6-8-19)23(27-13-15-30-16-14-27)18-9-11-20(29-2)12-10-18/h4-12,17,23H,3,13-16H2,1-2H3,(H,26,28). The van der Waals surface area contributed by atoms with Crippen LogP contribution < -0.4 is 10.1 Å². The van der Waals surface area contributed by atoms with Gasteiger partial charge in [0.25, 0.3) is 5.91 Å². The fraction of sp³-hybridized carbons (Fsp3) is 0.320. The van der Waals surface area contributed by atoms with Gasteiger partial charge in [0.2, 0.25) is 0 Å². The average molecular weight is 437 g/mol. The number of nitrogens with one attached hydrogen (secondary N) is 1. The van der Waals surface area contributed by atoms with Gasteiger partial charge in [-0.15, -0.1) is 11.3 Å². The molecule has 1 unspecified atom stereocenters. The van der Waals surface area contributed by atoms with E-state index in [1.807, 2.05) is 42.5 Å². The van der Waals surface area contributed by atoms with E-state index in [1.54, 1.807) is 18.4 Å². The molecule has 0 aliphatic carbocycles. The number of methoxy groups -OCH3 is 1. The predicted molar refractivity (Wildman–Crippen MR) is 125 cm³/mol. The van der Waals surface area contributed by atoms with Crippen molar-refractivity contribution in [2.45, 2.75) is 19.4 Å². The van der Waals surface area contributed by atoms with Gasteiger partial charge in [-0.25, -0.2) is 0 Å². The van der Waals surface area contributed by atoms with Crippen LogP contribution in [-0.4, -0.2) is 44.2 Å². The molecule has 2 heterocycles. The molecule has 5 nitrogen and oxygen atoms in total. The Bertz CT molecular complexity index is 995. The lowest BCUT2D eigenvalue weighted by atomic mass is 9.97. The van der Waals surface area contributed by atoms with E-state index in [2.05, 4.69) is 35.3 Å². The Morgan fingerprint density at radius 2 is 1.84 bits per heavy atom. The van der Waals surface area contributed by atoms with Crippen molar-refractivity contribution in [1.29, 1.82) is 0 Å². The molecule has 0 saturated carbocycles. The maximum Gasteiger partial charge on any atom is 0.256 e. The molecule has 1 fully saturated rings. The van der Waals surface area contributed by atoms with Crippen LogP contribution in [0.2, 0.25) is 0 Å². The number of thiophene rings is 1. The van der Waals surface area contributed by atoms with Crippen LogP contribution in [0.15, 0.2) is 60.7 Å². The fourth-order valence-corrected chi connectivity index (χ4v) is 4.93. The fourth-order valence-electron chi connectivity index (χ4n) is 3.91. The third kappa shape index (κ3) is 4.98. The second kappa shape index (κ2) is 10.1. The Hall–Kier alpha value is -2.67. The number of carbonyl (C=O) groups excluding carboxylic acids is 1. The Labute approximate surface area is 187 Å². The Morgan fingerprint density at radius 3 is 2.48 bits per heavy atom. The van der Waals surface area contributed by atoms with E-state index in [1.165, 1.54) is 10.4 Å². The normalized spacial score (nSPS) is 15.4. The summed E-state index contributed by atoms with van der Waals surface area (Å²) in [6.45, 7) is 5.27. The van der Waals surface area contributed by atoms with Crippen molar-refractivity contribution in [3.63, 3.8) is 0 Å². The highest BCUT2D eigenvalue weighted by Gasteiger charge is 2.28. The highest BCUT2D eigenvalue weighted by molar-refractivity contribution is 7.16. The summed E-state index contributed by atoms with van der Waals surface area (Å²) < 4.78 is 11.0. The van der Waals surface area contributed by atoms with Crippen LogP contribution in [0.5, 0.6) is 5.75 Å². The van der Waals surface area contributed by atoms with Crippen LogP contribution in [0.4, 0.5) is 5.00 Å². The molecule has 4 rings (SSSR count). The van der Waals surface area contributed by atoms with Crippen LogP contribution in [0.25, 0.3) is 0 Å². The van der Waals surface area contributed by atoms with Gasteiger partial charge < -0.3 is 14.8 Å². The van der Waals surface area contributed by atoms with Gasteiger partial charge >= 0.3 is 0 Å². The largest absolute Gasteiger partial charge is 0.497 e. The van der Waals surface area contributed by atoms with E-state index in [4.69, 9.17) is 9.47 Å². The lowest BCUT2D eigenvalue weighted by Crippen LogP contribution is -2.39. The molecule has 0 spiro atoms. The number of anilines is 1. The Balaban J connectivity index is 1.72. The number of ether oxygens (including phenoxy) is 2. The van der Waals surface area contributed by atoms with Gasteiger partial charge in [-0.2, -0.15) is 0 Å². The van der Waals surface area contributed by atoms with Crippen molar-refractivity contribution in [3.8, 4) is 5.75 Å². The summed E-state index contributed by atoms with van der Waals surface area (Å²) in [5.74, 6) is 0.753. The van der Waals surface area contributed by atoms with Crippen molar-refractivity contribution in [3.05, 3.63) is 82.2 Å². The van der Waals surface area contributed by atoms with E-state index < -0.39 is 0 Å². The average Bonchev–Trinajstić information content (AvgIpc) is 3.23. The molecule has 0 bridgehead atoms. The Kier molecular flexibility index (Phi) is 7.02. The van der Waals surface area contributed by atoms with Crippen LogP contribution in [0, 0.1) is 0 Å². The van der Waals surface area contributed by atoms with Crippen molar-refractivity contribution >= 4 is 22.2 Å². The molecule has 3 aromatic rings. The van der Waals surface area contributed by atoms with Crippen LogP contribution in [0.3, 0.4) is 0 Å². The van der Waals surface area contributed by atoms with Gasteiger partial charge in [-0.1, -0.05) is 37.3 Å². The number of carbonyl (C=O) groups is 1. The highest BCUT2D eigenvalue weighted by atomic mass is 32.1. The third-order valence-electron chi connectivity index (χ3n) is 5.56. The lowest BCUT2D eigenvalue weighted by Gasteiger charge is -2.35. The van der Waals surface area contributed by atoms with E-state index in [9.17, 15) is 4.79 Å². The zero-order chi connectivity index (χ0) is 21.6. The second-order valence-corrected chi connectivity index (χ2v) is 8.63. The minimum atomic E-state index is -0.0817. The number of morpholine rings is 1. The topological polar surface area (TPSA) is 50.8 Å². The number of amides is 1. The van der Waals surface area contributed by atoms with Crippen LogP contribution in [0.1, 0.15) is 39.3 Å². The summed E-state index contributed by atoms with van der Waals surface area (Å²) in [4.78, 5) is 16.6. The molecule has 2 aromatic carbocycles. The maximum atomic E-state index is 12.9. The monoisotopic (exact) mass is 436 g/mol. The molecule has 1 aliphatic heterocycles. The predicted octanol–water partition coefficient (Wildman–Crippen LogP) is 4.99. The summed E-state index contributed by atoms with van der Waals surface area (Å²) in [6.07, 6.45) is 0.928. The number of hydrogen-bond donors (Lipinski definition) is 1. The maximum absolute atomic E-state index is 12.9. The van der Waals surface area contributed by atoms with Gasteiger partial charge in [0.1, 0.15) is 10.8 Å². The quantitative estimate of drug-likeness (QED) is 0.567. The number of nitrogens with zero attached hydrogens (tertiary/aromatic N) is 1. The number of aryl methyl sites for hydroxylation is 1. The summed E-state index contributed by atoms with van der Waals surface area (Å²) >= 11 is 1.66. The first kappa shape index (κ1) is 21.6. The molecule has 1 amide bonds. The summed E-state index contributed by atoms with van der Waals surface area (Å²) in [6, 6.07) is 19.9. The number of rotatable bonds is 7. The number of hydrogen-bond acceptors (Lipinski definition) is 5. The van der Waals surface area contributed by atoms with Crippen molar-refractivity contribution in [1.82, 2.24) is 4.90 Å². The van der Waals surface area contributed by atoms with Crippen molar-refractivity contribution < 1.29 is 14.3 Å². The first-order valence-electron chi connectivity index (χ1n) is 10.6. The minimum absolute atomic E-state index is 0.0393. The molecule has 1 saturated heterocycles. The highest BCUT2D eigenvalue weighted by Crippen LogP contribution is 2.40. The molecule has 1 atom stereocenters.